The van der Waals surface area contributed by atoms with Gasteiger partial charge in [-0.1, -0.05) is 0 Å². The van der Waals surface area contributed by atoms with E-state index in [4.69, 9.17) is 14.9 Å². The second-order valence-corrected chi connectivity index (χ2v) is 4.77. The first kappa shape index (κ1) is 13.4. The highest BCUT2D eigenvalue weighted by Gasteiger charge is 2.33. The van der Waals surface area contributed by atoms with Crippen molar-refractivity contribution >= 4 is 5.91 Å². The van der Waals surface area contributed by atoms with E-state index in [2.05, 4.69) is 10.6 Å². The molecule has 0 aromatic heterocycles. The lowest BCUT2D eigenvalue weighted by atomic mass is 10.0. The zero-order valence-corrected chi connectivity index (χ0v) is 9.75. The molecule has 0 atom stereocenters. The van der Waals surface area contributed by atoms with Crippen LogP contribution in [0.25, 0.3) is 0 Å². The molecule has 1 aliphatic heterocycles. The number of nitrogens with one attached hydrogen (secondary N) is 2. The molecule has 6 nitrogen and oxygen atoms in total. The number of rotatable bonds is 6. The minimum absolute atomic E-state index is 0.0617. The van der Waals surface area contributed by atoms with E-state index in [0.717, 1.165) is 13.1 Å². The first-order chi connectivity index (χ1) is 7.43. The molecule has 0 radical (unpaired) electrons. The van der Waals surface area contributed by atoms with Gasteiger partial charge < -0.3 is 25.6 Å². The zero-order valence-electron chi connectivity index (χ0n) is 9.75. The predicted molar refractivity (Wildman–Crippen MR) is 57.9 cm³/mol. The van der Waals surface area contributed by atoms with E-state index < -0.39 is 5.54 Å². The van der Waals surface area contributed by atoms with Gasteiger partial charge in [-0.3, -0.25) is 4.79 Å². The van der Waals surface area contributed by atoms with Gasteiger partial charge in [0.2, 0.25) is 5.91 Å². The van der Waals surface area contributed by atoms with Crippen LogP contribution in [0.1, 0.15) is 13.8 Å². The smallest absolute Gasteiger partial charge is 0.246 e. The molecule has 0 aromatic rings. The molecule has 1 fully saturated rings. The molecule has 0 saturated carbocycles. The van der Waals surface area contributed by atoms with Gasteiger partial charge in [-0.25, -0.2) is 0 Å². The summed E-state index contributed by atoms with van der Waals surface area (Å²) in [5.74, 6) is -0.335. The van der Waals surface area contributed by atoms with Crippen molar-refractivity contribution in [3.8, 4) is 0 Å². The van der Waals surface area contributed by atoms with Gasteiger partial charge in [0.05, 0.1) is 24.4 Å². The maximum atomic E-state index is 11.5. The molecule has 0 spiro atoms. The Morgan fingerprint density at radius 1 is 1.50 bits per heavy atom. The first-order valence-corrected chi connectivity index (χ1v) is 5.30. The molecule has 0 aromatic carbocycles. The molecule has 1 saturated heterocycles. The number of hydrogen-bond donors (Lipinski definition) is 4. The van der Waals surface area contributed by atoms with E-state index in [0.29, 0.717) is 0 Å². The van der Waals surface area contributed by atoms with Crippen LogP contribution in [0.2, 0.25) is 0 Å². The van der Waals surface area contributed by atoms with Crippen LogP contribution in [0.4, 0.5) is 0 Å². The Hall–Kier alpha value is -0.690. The van der Waals surface area contributed by atoms with Gasteiger partial charge in [-0.15, -0.1) is 0 Å². The van der Waals surface area contributed by atoms with Crippen molar-refractivity contribution in [2.24, 2.45) is 0 Å². The fraction of sp³-hybridized carbons (Fsp3) is 0.900. The lowest BCUT2D eigenvalue weighted by molar-refractivity contribution is -0.138. The Balaban J connectivity index is 2.30. The molecule has 1 aliphatic rings. The first-order valence-electron chi connectivity index (χ1n) is 5.30. The molecule has 6 heteroatoms. The molecule has 1 heterocycles. The van der Waals surface area contributed by atoms with Crippen molar-refractivity contribution in [1.29, 1.82) is 0 Å². The monoisotopic (exact) mass is 232 g/mol. The molecule has 1 rings (SSSR count). The molecule has 0 unspecified atom stereocenters. The molecule has 0 bridgehead atoms. The number of aliphatic hydroxyl groups is 2. The van der Waals surface area contributed by atoms with E-state index in [9.17, 15) is 4.79 Å². The third-order valence-electron chi connectivity index (χ3n) is 2.69. The van der Waals surface area contributed by atoms with Gasteiger partial charge in [-0.05, 0) is 13.8 Å². The number of carbonyl (C=O) groups excluding carboxylic acids is 1. The van der Waals surface area contributed by atoms with Gasteiger partial charge in [0.1, 0.15) is 6.61 Å². The third kappa shape index (κ3) is 3.41. The maximum absolute atomic E-state index is 11.5. The summed E-state index contributed by atoms with van der Waals surface area (Å²) in [5.41, 5.74) is -1.26. The van der Waals surface area contributed by atoms with E-state index in [1.807, 2.05) is 6.92 Å². The van der Waals surface area contributed by atoms with Crippen LogP contribution in [0.15, 0.2) is 0 Å². The zero-order chi connectivity index (χ0) is 12.2. The second-order valence-electron chi connectivity index (χ2n) is 4.77. The summed E-state index contributed by atoms with van der Waals surface area (Å²) in [4.78, 5) is 11.5. The van der Waals surface area contributed by atoms with Crippen LogP contribution in [0.3, 0.4) is 0 Å². The minimum atomic E-state index is -0.987. The lowest BCUT2D eigenvalue weighted by Crippen LogP contribution is -2.60. The number of aliphatic hydroxyl groups excluding tert-OH is 2. The summed E-state index contributed by atoms with van der Waals surface area (Å²) in [6.07, 6.45) is 0. The van der Waals surface area contributed by atoms with Gasteiger partial charge in [0.25, 0.3) is 0 Å². The summed E-state index contributed by atoms with van der Waals surface area (Å²) in [6, 6.07) is 0. The van der Waals surface area contributed by atoms with Crippen molar-refractivity contribution in [1.82, 2.24) is 10.6 Å². The average Bonchev–Trinajstić information content (AvgIpc) is 2.23. The van der Waals surface area contributed by atoms with Crippen molar-refractivity contribution in [2.75, 3.05) is 32.9 Å². The number of hydrogen-bond acceptors (Lipinski definition) is 5. The number of ether oxygens (including phenoxy) is 1. The number of carbonyl (C=O) groups is 1. The molecule has 16 heavy (non-hydrogen) atoms. The van der Waals surface area contributed by atoms with Gasteiger partial charge >= 0.3 is 0 Å². The van der Waals surface area contributed by atoms with Crippen LogP contribution in [-0.2, 0) is 9.53 Å². The Kier molecular flexibility index (Phi) is 4.26. The van der Waals surface area contributed by atoms with E-state index in [-0.39, 0.29) is 31.3 Å². The average molecular weight is 232 g/mol. The topological polar surface area (TPSA) is 90.8 Å². The lowest BCUT2D eigenvalue weighted by Gasteiger charge is -2.39. The third-order valence-corrected chi connectivity index (χ3v) is 2.69. The predicted octanol–water partition coefficient (Wildman–Crippen LogP) is -1.78. The van der Waals surface area contributed by atoms with E-state index in [1.165, 1.54) is 0 Å². The molecular weight excluding hydrogens is 212 g/mol. The quantitative estimate of drug-likeness (QED) is 0.435. The summed E-state index contributed by atoms with van der Waals surface area (Å²) in [6.45, 7) is 4.27. The van der Waals surface area contributed by atoms with Crippen LogP contribution in [-0.4, -0.2) is 60.2 Å². The Labute approximate surface area is 95.0 Å². The van der Waals surface area contributed by atoms with E-state index in [1.54, 1.807) is 6.92 Å². The van der Waals surface area contributed by atoms with Gasteiger partial charge in [0, 0.05) is 13.1 Å². The summed E-state index contributed by atoms with van der Waals surface area (Å²) >= 11 is 0. The van der Waals surface area contributed by atoms with Gasteiger partial charge in [-0.2, -0.15) is 0 Å². The SMILES string of the molecule is CC(CO)(CO)NC(=O)COC1(C)CNC1. The number of amides is 1. The normalized spacial score (nSPS) is 19.0. The molecule has 4 N–H and O–H groups in total. The molecule has 94 valence electrons. The van der Waals surface area contributed by atoms with Crippen molar-refractivity contribution in [2.45, 2.75) is 25.0 Å². The van der Waals surface area contributed by atoms with Crippen LogP contribution >= 0.6 is 0 Å². The standard InChI is InChI=1S/C10H20N2O4/c1-9(6-13,7-14)12-8(15)3-16-10(2)4-11-5-10/h11,13-14H,3-7H2,1-2H3,(H,12,15). The van der Waals surface area contributed by atoms with Crippen LogP contribution in [0.5, 0.6) is 0 Å². The fourth-order valence-corrected chi connectivity index (χ4v) is 1.32. The summed E-state index contributed by atoms with van der Waals surface area (Å²) in [5, 5.41) is 23.6. The van der Waals surface area contributed by atoms with Crippen molar-refractivity contribution in [3.05, 3.63) is 0 Å². The largest absolute Gasteiger partial charge is 0.394 e. The molecular formula is C10H20N2O4. The second kappa shape index (κ2) is 5.09. The highest BCUT2D eigenvalue weighted by molar-refractivity contribution is 5.78. The molecule has 1 amide bonds. The summed E-state index contributed by atoms with van der Waals surface area (Å²) < 4.78 is 5.42. The minimum Gasteiger partial charge on any atom is -0.394 e. The fourth-order valence-electron chi connectivity index (χ4n) is 1.32. The Bertz CT molecular complexity index is 249. The highest BCUT2D eigenvalue weighted by atomic mass is 16.5. The highest BCUT2D eigenvalue weighted by Crippen LogP contribution is 2.14. The maximum Gasteiger partial charge on any atom is 0.246 e. The Morgan fingerprint density at radius 2 is 2.06 bits per heavy atom. The van der Waals surface area contributed by atoms with Crippen LogP contribution in [0, 0.1) is 0 Å². The van der Waals surface area contributed by atoms with Gasteiger partial charge in [0.15, 0.2) is 0 Å². The summed E-state index contributed by atoms with van der Waals surface area (Å²) in [7, 11) is 0. The Morgan fingerprint density at radius 3 is 2.44 bits per heavy atom. The van der Waals surface area contributed by atoms with Crippen LogP contribution < -0.4 is 10.6 Å². The van der Waals surface area contributed by atoms with Crippen molar-refractivity contribution < 1.29 is 19.7 Å². The van der Waals surface area contributed by atoms with Crippen molar-refractivity contribution in [3.63, 3.8) is 0 Å². The molecule has 0 aliphatic carbocycles. The van der Waals surface area contributed by atoms with E-state index >= 15 is 0 Å².